The van der Waals surface area contributed by atoms with Crippen LogP contribution in [0, 0.1) is 0 Å². The lowest BCUT2D eigenvalue weighted by Crippen LogP contribution is -2.38. The van der Waals surface area contributed by atoms with Gasteiger partial charge in [-0.2, -0.15) is 13.2 Å². The first kappa shape index (κ1) is 25.3. The number of methoxy groups -OCH3 is 1. The van der Waals surface area contributed by atoms with Gasteiger partial charge in [0.05, 0.1) is 12.7 Å². The molecule has 1 aliphatic rings. The third-order valence-corrected chi connectivity index (χ3v) is 6.83. The topological polar surface area (TPSA) is 87.3 Å². The molecule has 4 aromatic rings. The Hall–Kier alpha value is -4.34. The Morgan fingerprint density at radius 3 is 2.47 bits per heavy atom. The molecular weight excluding hydrogens is 497 g/mol. The minimum atomic E-state index is -4.58. The highest BCUT2D eigenvalue weighted by molar-refractivity contribution is 6.10. The molecule has 2 N–H and O–H groups in total. The van der Waals surface area contributed by atoms with Crippen molar-refractivity contribution in [3.05, 3.63) is 89.4 Å². The zero-order valence-corrected chi connectivity index (χ0v) is 20.5. The normalized spacial score (nSPS) is 14.5. The number of carbonyl (C=O) groups excluding carboxylic acids is 2. The Balaban J connectivity index is 1.21. The van der Waals surface area contributed by atoms with E-state index in [2.05, 4.69) is 15.3 Å². The van der Waals surface area contributed by atoms with Gasteiger partial charge in [-0.25, -0.2) is 0 Å². The third-order valence-electron chi connectivity index (χ3n) is 6.83. The quantitative estimate of drug-likeness (QED) is 0.344. The second-order valence-electron chi connectivity index (χ2n) is 9.19. The number of fused-ring (bicyclic) bond motifs is 1. The van der Waals surface area contributed by atoms with Crippen molar-refractivity contribution in [3.63, 3.8) is 0 Å². The number of anilines is 1. The van der Waals surface area contributed by atoms with Gasteiger partial charge in [-0.1, -0.05) is 12.1 Å². The highest BCUT2D eigenvalue weighted by atomic mass is 19.4. The van der Waals surface area contributed by atoms with Crippen LogP contribution < -0.4 is 10.1 Å². The number of likely N-dealkylation sites (tertiary alicyclic amines) is 1. The van der Waals surface area contributed by atoms with E-state index in [4.69, 9.17) is 4.74 Å². The molecule has 2 aromatic carbocycles. The number of hydrogen-bond acceptors (Lipinski definition) is 4. The number of benzene rings is 2. The number of amides is 2. The molecule has 196 valence electrons. The summed E-state index contributed by atoms with van der Waals surface area (Å²) < 4.78 is 44.7. The maximum absolute atomic E-state index is 13.3. The van der Waals surface area contributed by atoms with Crippen molar-refractivity contribution in [3.8, 4) is 5.75 Å². The predicted octanol–water partition coefficient (Wildman–Crippen LogP) is 5.86. The number of alkyl halides is 3. The molecule has 0 unspecified atom stereocenters. The molecule has 38 heavy (non-hydrogen) atoms. The van der Waals surface area contributed by atoms with Crippen LogP contribution in [0.2, 0.25) is 0 Å². The van der Waals surface area contributed by atoms with E-state index in [0.29, 0.717) is 37.3 Å². The Labute approximate surface area is 216 Å². The number of carbonyl (C=O) groups is 2. The van der Waals surface area contributed by atoms with E-state index < -0.39 is 17.6 Å². The van der Waals surface area contributed by atoms with Crippen LogP contribution in [-0.2, 0) is 6.18 Å². The van der Waals surface area contributed by atoms with Crippen LogP contribution in [0.4, 0.5) is 18.9 Å². The van der Waals surface area contributed by atoms with Crippen molar-refractivity contribution >= 4 is 28.4 Å². The van der Waals surface area contributed by atoms with Crippen molar-refractivity contribution in [2.45, 2.75) is 24.9 Å². The number of ether oxygens (including phenoxy) is 1. The lowest BCUT2D eigenvalue weighted by Gasteiger charge is -2.32. The van der Waals surface area contributed by atoms with Gasteiger partial charge in [-0.3, -0.25) is 14.6 Å². The lowest BCUT2D eigenvalue weighted by molar-refractivity contribution is -0.137. The molecule has 0 spiro atoms. The summed E-state index contributed by atoms with van der Waals surface area (Å²) in [5, 5.41) is 3.62. The Morgan fingerprint density at radius 1 is 1.05 bits per heavy atom. The molecule has 0 saturated carbocycles. The van der Waals surface area contributed by atoms with E-state index in [1.807, 2.05) is 24.3 Å². The van der Waals surface area contributed by atoms with Crippen molar-refractivity contribution in [1.29, 1.82) is 0 Å². The average molecular weight is 523 g/mol. The van der Waals surface area contributed by atoms with Gasteiger partial charge >= 0.3 is 6.18 Å². The first-order valence-corrected chi connectivity index (χ1v) is 12.1. The van der Waals surface area contributed by atoms with Crippen molar-refractivity contribution in [1.82, 2.24) is 14.9 Å². The summed E-state index contributed by atoms with van der Waals surface area (Å²) in [5.74, 6) is -0.570. The molecular formula is C28H25F3N4O3. The molecule has 10 heteroatoms. The molecule has 0 atom stereocenters. The molecule has 0 bridgehead atoms. The summed E-state index contributed by atoms with van der Waals surface area (Å²) in [6.07, 6.45) is 0.110. The van der Waals surface area contributed by atoms with E-state index in [-0.39, 0.29) is 23.1 Å². The molecule has 0 radical (unpaired) electrons. The van der Waals surface area contributed by atoms with Crippen LogP contribution in [0.15, 0.2) is 67.0 Å². The third kappa shape index (κ3) is 5.20. The number of H-pyrrole nitrogens is 1. The summed E-state index contributed by atoms with van der Waals surface area (Å²) in [6.45, 7) is 0.847. The first-order chi connectivity index (χ1) is 18.2. The fraction of sp³-hybridized carbons (Fsp3) is 0.250. The van der Waals surface area contributed by atoms with Gasteiger partial charge in [0.1, 0.15) is 11.4 Å². The number of piperidine rings is 1. The Morgan fingerprint density at radius 2 is 1.79 bits per heavy atom. The van der Waals surface area contributed by atoms with E-state index in [1.54, 1.807) is 29.4 Å². The summed E-state index contributed by atoms with van der Waals surface area (Å²) in [6, 6.07) is 14.2. The van der Waals surface area contributed by atoms with Crippen LogP contribution in [0.5, 0.6) is 5.75 Å². The highest BCUT2D eigenvalue weighted by Gasteiger charge is 2.33. The Bertz CT molecular complexity index is 1470. The molecule has 3 heterocycles. The minimum absolute atomic E-state index is 0.00851. The van der Waals surface area contributed by atoms with E-state index in [0.717, 1.165) is 28.6 Å². The number of aromatic amines is 1. The molecule has 0 aliphatic carbocycles. The standard InChI is InChI=1S/C28H25F3N4O3/c1-38-22-15-19(14-20(16-22)28(29,30)31)27(37)35-12-8-18(9-13-35)17-2-4-21(5-3-17)34-26(36)25-23-6-10-32-24(23)7-11-33-25/h2-7,10-11,14-16,18,32H,8-9,12-13H2,1H3,(H,34,36). The average Bonchev–Trinajstić information content (AvgIpc) is 3.41. The fourth-order valence-corrected chi connectivity index (χ4v) is 4.79. The lowest BCUT2D eigenvalue weighted by atomic mass is 9.89. The van der Waals surface area contributed by atoms with E-state index >= 15 is 0 Å². The second kappa shape index (κ2) is 10.2. The second-order valence-corrected chi connectivity index (χ2v) is 9.19. The van der Waals surface area contributed by atoms with Crippen molar-refractivity contribution < 1.29 is 27.5 Å². The van der Waals surface area contributed by atoms with Crippen molar-refractivity contribution in [2.75, 3.05) is 25.5 Å². The fourth-order valence-electron chi connectivity index (χ4n) is 4.79. The number of rotatable bonds is 5. The molecule has 1 saturated heterocycles. The summed E-state index contributed by atoms with van der Waals surface area (Å²) in [7, 11) is 1.27. The van der Waals surface area contributed by atoms with Crippen LogP contribution in [0.1, 0.15) is 50.7 Å². The monoisotopic (exact) mass is 522 g/mol. The van der Waals surface area contributed by atoms with Gasteiger partial charge in [-0.05, 0) is 66.8 Å². The number of hydrogen-bond donors (Lipinski definition) is 2. The van der Waals surface area contributed by atoms with Crippen LogP contribution >= 0.6 is 0 Å². The number of halogens is 3. The summed E-state index contributed by atoms with van der Waals surface area (Å²) in [5.41, 5.74) is 1.92. The van der Waals surface area contributed by atoms with Gasteiger partial charge in [0.15, 0.2) is 0 Å². The molecule has 2 aromatic heterocycles. The molecule has 5 rings (SSSR count). The zero-order valence-electron chi connectivity index (χ0n) is 20.5. The van der Waals surface area contributed by atoms with Crippen LogP contribution in [0.3, 0.4) is 0 Å². The number of nitrogens with zero attached hydrogens (tertiary/aromatic N) is 2. The smallest absolute Gasteiger partial charge is 0.416 e. The summed E-state index contributed by atoms with van der Waals surface area (Å²) in [4.78, 5) is 34.6. The maximum Gasteiger partial charge on any atom is 0.416 e. The first-order valence-electron chi connectivity index (χ1n) is 12.1. The van der Waals surface area contributed by atoms with Gasteiger partial charge in [0, 0.05) is 47.6 Å². The van der Waals surface area contributed by atoms with Gasteiger partial charge in [0.25, 0.3) is 11.8 Å². The molecule has 1 fully saturated rings. The molecule has 7 nitrogen and oxygen atoms in total. The maximum atomic E-state index is 13.3. The minimum Gasteiger partial charge on any atom is -0.497 e. The van der Waals surface area contributed by atoms with Crippen LogP contribution in [-0.4, -0.2) is 46.9 Å². The van der Waals surface area contributed by atoms with E-state index in [1.165, 1.54) is 13.2 Å². The predicted molar refractivity (Wildman–Crippen MR) is 136 cm³/mol. The SMILES string of the molecule is COc1cc(C(=O)N2CCC(c3ccc(NC(=O)c4nccc5[nH]ccc45)cc3)CC2)cc(C(F)(F)F)c1. The van der Waals surface area contributed by atoms with E-state index in [9.17, 15) is 22.8 Å². The largest absolute Gasteiger partial charge is 0.497 e. The van der Waals surface area contributed by atoms with Crippen molar-refractivity contribution in [2.24, 2.45) is 0 Å². The van der Waals surface area contributed by atoms with Gasteiger partial charge in [0.2, 0.25) is 0 Å². The van der Waals surface area contributed by atoms with Gasteiger partial charge in [-0.15, -0.1) is 0 Å². The number of nitrogens with one attached hydrogen (secondary N) is 2. The Kier molecular flexibility index (Phi) is 6.79. The zero-order chi connectivity index (χ0) is 26.9. The number of pyridine rings is 1. The van der Waals surface area contributed by atoms with Crippen LogP contribution in [0.25, 0.3) is 10.9 Å². The highest BCUT2D eigenvalue weighted by Crippen LogP contribution is 2.34. The summed E-state index contributed by atoms with van der Waals surface area (Å²) >= 11 is 0. The molecule has 1 aliphatic heterocycles. The molecule has 2 amide bonds. The van der Waals surface area contributed by atoms with Gasteiger partial charge < -0.3 is 19.9 Å². The number of aromatic nitrogens is 2.